The summed E-state index contributed by atoms with van der Waals surface area (Å²) in [6.45, 7) is 2.32. The number of nitro benzene ring substituents is 1. The zero-order chi connectivity index (χ0) is 19.8. The second-order valence-corrected chi connectivity index (χ2v) is 6.86. The number of esters is 1. The second kappa shape index (κ2) is 9.73. The van der Waals surface area contributed by atoms with E-state index in [1.54, 1.807) is 6.07 Å². The Balaban J connectivity index is 2.21. The minimum atomic E-state index is -0.595. The van der Waals surface area contributed by atoms with Crippen molar-refractivity contribution in [3.63, 3.8) is 0 Å². The van der Waals surface area contributed by atoms with Crippen LogP contribution in [0.2, 0.25) is 0 Å². The third-order valence-electron chi connectivity index (χ3n) is 3.93. The first-order valence-electron chi connectivity index (χ1n) is 8.43. The second-order valence-electron chi connectivity index (χ2n) is 5.87. The van der Waals surface area contributed by atoms with E-state index >= 15 is 0 Å². The average molecular weight is 389 g/mol. The largest absolute Gasteiger partial charge is 0.465 e. The number of thioether (sulfide) groups is 1. The molecule has 0 saturated heterocycles. The van der Waals surface area contributed by atoms with Gasteiger partial charge in [-0.1, -0.05) is 37.2 Å². The number of allylic oxidation sites excluding steroid dienone is 1. The van der Waals surface area contributed by atoms with Crippen LogP contribution in [0.5, 0.6) is 0 Å². The maximum atomic E-state index is 12.1. The van der Waals surface area contributed by atoms with Crippen LogP contribution in [-0.4, -0.2) is 29.2 Å². The summed E-state index contributed by atoms with van der Waals surface area (Å²) in [5, 5.41) is 23.5. The van der Waals surface area contributed by atoms with Gasteiger partial charge in [-0.15, -0.1) is 0 Å². The molecule has 1 aromatic carbocycles. The highest BCUT2D eigenvalue weighted by atomic mass is 32.2. The number of rotatable bonds is 8. The minimum Gasteiger partial charge on any atom is -0.465 e. The lowest BCUT2D eigenvalue weighted by molar-refractivity contribution is -0.384. The number of nitriles is 1. The van der Waals surface area contributed by atoms with Gasteiger partial charge in [0.2, 0.25) is 5.91 Å². The van der Waals surface area contributed by atoms with E-state index in [9.17, 15) is 25.0 Å². The highest BCUT2D eigenvalue weighted by molar-refractivity contribution is 8.03. The molecular weight excluding hydrogens is 370 g/mol. The van der Waals surface area contributed by atoms with Gasteiger partial charge in [0, 0.05) is 24.5 Å². The molecule has 1 N–H and O–H groups in total. The Kier molecular flexibility index (Phi) is 7.37. The molecule has 0 aliphatic carbocycles. The summed E-state index contributed by atoms with van der Waals surface area (Å²) in [4.78, 5) is 34.3. The van der Waals surface area contributed by atoms with Crippen molar-refractivity contribution >= 4 is 29.3 Å². The first kappa shape index (κ1) is 20.5. The molecule has 9 heteroatoms. The Morgan fingerprint density at radius 2 is 2.30 bits per heavy atom. The molecule has 1 heterocycles. The van der Waals surface area contributed by atoms with Crippen molar-refractivity contribution in [2.24, 2.45) is 0 Å². The van der Waals surface area contributed by atoms with Crippen LogP contribution in [-0.2, 0) is 14.3 Å². The Labute approximate surface area is 160 Å². The van der Waals surface area contributed by atoms with Crippen molar-refractivity contribution in [3.05, 3.63) is 50.5 Å². The Bertz CT molecular complexity index is 815. The van der Waals surface area contributed by atoms with Crippen molar-refractivity contribution in [2.45, 2.75) is 32.1 Å². The molecule has 1 aromatic rings. The molecule has 1 amide bonds. The molecule has 27 heavy (non-hydrogen) atoms. The SMILES string of the molecule is CCCCOC(=O)CSC1=C(C#N)[C@H](c2cccc([N+](=O)[O-])c2)CC(=O)N1. The molecule has 2 rings (SSSR count). The van der Waals surface area contributed by atoms with Gasteiger partial charge in [0.05, 0.1) is 34.0 Å². The third-order valence-corrected chi connectivity index (χ3v) is 4.93. The number of hydrogen-bond acceptors (Lipinski definition) is 7. The summed E-state index contributed by atoms with van der Waals surface area (Å²) in [5.74, 6) is -1.37. The van der Waals surface area contributed by atoms with Gasteiger partial charge in [-0.05, 0) is 12.0 Å². The summed E-state index contributed by atoms with van der Waals surface area (Å²) in [7, 11) is 0. The first-order valence-corrected chi connectivity index (χ1v) is 9.41. The van der Waals surface area contributed by atoms with Crippen LogP contribution in [0.1, 0.15) is 37.7 Å². The molecule has 0 spiro atoms. The topological polar surface area (TPSA) is 122 Å². The lowest BCUT2D eigenvalue weighted by Gasteiger charge is -2.24. The minimum absolute atomic E-state index is 0.00900. The quantitative estimate of drug-likeness (QED) is 0.314. The van der Waals surface area contributed by atoms with Crippen LogP contribution in [0.25, 0.3) is 0 Å². The fourth-order valence-electron chi connectivity index (χ4n) is 2.58. The maximum Gasteiger partial charge on any atom is 0.316 e. The number of nitrogens with one attached hydrogen (secondary N) is 1. The maximum absolute atomic E-state index is 12.1. The smallest absolute Gasteiger partial charge is 0.316 e. The van der Waals surface area contributed by atoms with E-state index in [1.165, 1.54) is 18.2 Å². The Hall–Kier alpha value is -2.86. The number of unbranched alkanes of at least 4 members (excludes halogenated alkanes) is 1. The van der Waals surface area contributed by atoms with Crippen molar-refractivity contribution in [1.82, 2.24) is 5.32 Å². The van der Waals surface area contributed by atoms with Gasteiger partial charge < -0.3 is 10.1 Å². The summed E-state index contributed by atoms with van der Waals surface area (Å²) < 4.78 is 5.07. The van der Waals surface area contributed by atoms with Crippen LogP contribution in [0.15, 0.2) is 34.9 Å². The molecule has 0 aromatic heterocycles. The lowest BCUT2D eigenvalue weighted by Crippen LogP contribution is -2.31. The van der Waals surface area contributed by atoms with E-state index in [1.807, 2.05) is 6.92 Å². The molecule has 1 aliphatic rings. The normalized spacial score (nSPS) is 16.4. The summed E-state index contributed by atoms with van der Waals surface area (Å²) in [6, 6.07) is 7.95. The van der Waals surface area contributed by atoms with Crippen LogP contribution < -0.4 is 5.32 Å². The molecule has 0 bridgehead atoms. The molecule has 0 unspecified atom stereocenters. The summed E-state index contributed by atoms with van der Waals surface area (Å²) in [6.07, 6.45) is 1.69. The van der Waals surface area contributed by atoms with E-state index in [0.717, 1.165) is 24.6 Å². The number of amides is 1. The van der Waals surface area contributed by atoms with Gasteiger partial charge >= 0.3 is 5.97 Å². The predicted molar refractivity (Wildman–Crippen MR) is 99.6 cm³/mol. The molecule has 0 fully saturated rings. The number of carbonyl (C=O) groups excluding carboxylic acids is 2. The van der Waals surface area contributed by atoms with Gasteiger partial charge in [-0.25, -0.2) is 0 Å². The Morgan fingerprint density at radius 1 is 1.52 bits per heavy atom. The monoisotopic (exact) mass is 389 g/mol. The summed E-state index contributed by atoms with van der Waals surface area (Å²) >= 11 is 1.03. The molecule has 0 radical (unpaired) electrons. The summed E-state index contributed by atoms with van der Waals surface area (Å²) in [5.41, 5.74) is 0.685. The molecule has 1 aliphatic heterocycles. The van der Waals surface area contributed by atoms with Gasteiger partial charge in [0.15, 0.2) is 0 Å². The van der Waals surface area contributed by atoms with Gasteiger partial charge in [0.25, 0.3) is 5.69 Å². The zero-order valence-electron chi connectivity index (χ0n) is 14.8. The molecule has 8 nitrogen and oxygen atoms in total. The molecule has 0 saturated carbocycles. The fraction of sp³-hybridized carbons (Fsp3) is 0.389. The van der Waals surface area contributed by atoms with E-state index in [-0.39, 0.29) is 34.4 Å². The highest BCUT2D eigenvalue weighted by Gasteiger charge is 2.30. The van der Waals surface area contributed by atoms with Crippen molar-refractivity contribution < 1.29 is 19.2 Å². The van der Waals surface area contributed by atoms with E-state index in [2.05, 4.69) is 11.4 Å². The van der Waals surface area contributed by atoms with Gasteiger partial charge in [0.1, 0.15) is 0 Å². The third kappa shape index (κ3) is 5.56. The van der Waals surface area contributed by atoms with Crippen LogP contribution in [0.4, 0.5) is 5.69 Å². The number of non-ortho nitro benzene ring substituents is 1. The first-order chi connectivity index (χ1) is 13.0. The number of hydrogen-bond donors (Lipinski definition) is 1. The standard InChI is InChI=1S/C18H19N3O5S/c1-2-3-7-26-17(23)11-27-18-15(10-19)14(9-16(22)20-18)12-5-4-6-13(8-12)21(24)25/h4-6,8,14H,2-3,7,9,11H2,1H3,(H,20,22)/t14-/m0/s1. The van der Waals surface area contributed by atoms with Crippen LogP contribution >= 0.6 is 11.8 Å². The van der Waals surface area contributed by atoms with Gasteiger partial charge in [-0.3, -0.25) is 19.7 Å². The van der Waals surface area contributed by atoms with E-state index < -0.39 is 16.8 Å². The van der Waals surface area contributed by atoms with Crippen LogP contribution in [0, 0.1) is 21.4 Å². The van der Waals surface area contributed by atoms with Crippen molar-refractivity contribution in [3.8, 4) is 6.07 Å². The number of nitro groups is 1. The fourth-order valence-corrected chi connectivity index (χ4v) is 3.45. The Morgan fingerprint density at radius 3 is 2.96 bits per heavy atom. The average Bonchev–Trinajstić information content (AvgIpc) is 2.66. The van der Waals surface area contributed by atoms with Crippen molar-refractivity contribution in [1.29, 1.82) is 5.26 Å². The number of carbonyl (C=O) groups is 2. The predicted octanol–water partition coefficient (Wildman–Crippen LogP) is 3.01. The van der Waals surface area contributed by atoms with E-state index in [4.69, 9.17) is 4.74 Å². The number of ether oxygens (including phenoxy) is 1. The van der Waals surface area contributed by atoms with E-state index in [0.29, 0.717) is 12.2 Å². The molecule has 142 valence electrons. The molecule has 1 atom stereocenters. The van der Waals surface area contributed by atoms with Crippen LogP contribution in [0.3, 0.4) is 0 Å². The van der Waals surface area contributed by atoms with Crippen molar-refractivity contribution in [2.75, 3.05) is 12.4 Å². The highest BCUT2D eigenvalue weighted by Crippen LogP contribution is 2.36. The number of benzene rings is 1. The molecular formula is C18H19N3O5S. The van der Waals surface area contributed by atoms with Gasteiger partial charge in [-0.2, -0.15) is 5.26 Å². The zero-order valence-corrected chi connectivity index (χ0v) is 15.6. The lowest BCUT2D eigenvalue weighted by atomic mass is 9.87. The number of nitrogens with zero attached hydrogens (tertiary/aromatic N) is 2.